The van der Waals surface area contributed by atoms with Crippen molar-refractivity contribution in [3.05, 3.63) is 89.1 Å². The smallest absolute Gasteiger partial charge is 0.236 e. The van der Waals surface area contributed by atoms with Crippen LogP contribution >= 0.6 is 11.6 Å². The Kier molecular flexibility index (Phi) is 4.14. The van der Waals surface area contributed by atoms with Crippen LogP contribution in [0.1, 0.15) is 5.56 Å². The van der Waals surface area contributed by atoms with Gasteiger partial charge in [0.05, 0.1) is 6.26 Å². The van der Waals surface area contributed by atoms with Gasteiger partial charge in [-0.1, -0.05) is 54.1 Å². The molecule has 5 rings (SSSR count). The maximum Gasteiger partial charge on any atom is 0.236 e. The second-order valence-electron chi connectivity index (χ2n) is 6.90. The van der Waals surface area contributed by atoms with Crippen LogP contribution in [0.15, 0.2) is 86.9 Å². The van der Waals surface area contributed by atoms with Crippen LogP contribution in [0.3, 0.4) is 0 Å². The average molecular weight is 401 g/mol. The van der Waals surface area contributed by atoms with Crippen molar-refractivity contribution >= 4 is 33.5 Å². The summed E-state index contributed by atoms with van der Waals surface area (Å²) in [6.07, 6.45) is 1.77. The molecule has 3 aromatic carbocycles. The zero-order valence-corrected chi connectivity index (χ0v) is 16.4. The van der Waals surface area contributed by atoms with Crippen LogP contribution < -0.4 is 11.4 Å². The topological polar surface area (TPSA) is 64.7 Å². The van der Waals surface area contributed by atoms with Crippen LogP contribution in [0, 0.1) is 6.92 Å². The lowest BCUT2D eigenvalue weighted by Crippen LogP contribution is -2.05. The summed E-state index contributed by atoms with van der Waals surface area (Å²) in [5.41, 5.74) is 6.87. The molecule has 4 nitrogen and oxygen atoms in total. The third-order valence-electron chi connectivity index (χ3n) is 5.18. The van der Waals surface area contributed by atoms with E-state index in [4.69, 9.17) is 26.3 Å². The van der Waals surface area contributed by atoms with Crippen molar-refractivity contribution in [2.75, 3.05) is 0 Å². The molecule has 0 saturated heterocycles. The molecule has 0 fully saturated rings. The fraction of sp³-hybridized carbons (Fsp3) is 0.0417. The minimum atomic E-state index is 0.364. The fourth-order valence-corrected chi connectivity index (χ4v) is 3.88. The van der Waals surface area contributed by atoms with Crippen LogP contribution in [0.4, 0.5) is 0 Å². The molecule has 0 aliphatic heterocycles. The van der Waals surface area contributed by atoms with E-state index in [2.05, 4.69) is 23.3 Å². The summed E-state index contributed by atoms with van der Waals surface area (Å²) in [4.78, 5) is 0. The predicted molar refractivity (Wildman–Crippen MR) is 116 cm³/mol. The lowest BCUT2D eigenvalue weighted by molar-refractivity contribution is 0.534. The van der Waals surface area contributed by atoms with Gasteiger partial charge in [0, 0.05) is 33.0 Å². The van der Waals surface area contributed by atoms with Gasteiger partial charge < -0.3 is 14.7 Å². The Labute approximate surface area is 171 Å². The molecule has 2 heterocycles. The first-order valence-electron chi connectivity index (χ1n) is 9.19. The minimum absolute atomic E-state index is 0.364. The Hall–Kier alpha value is -3.50. The molecule has 0 aliphatic rings. The molecule has 0 radical (unpaired) electrons. The minimum Gasteiger partial charge on any atom is -0.463 e. The van der Waals surface area contributed by atoms with Gasteiger partial charge in [-0.3, -0.25) is 0 Å². The number of hydrogen-bond acceptors (Lipinski definition) is 4. The Bertz CT molecular complexity index is 1420. The van der Waals surface area contributed by atoms with Crippen molar-refractivity contribution < 1.29 is 8.83 Å². The van der Waals surface area contributed by atoms with Crippen LogP contribution in [0.5, 0.6) is 0 Å². The standard InChI is InChI=1S/C24H17ClN2O2/c1-14-23-20(21(13-28-23)16-7-9-17(25)10-8-16)11-19-18(15-5-3-2-4-6-15)12-22(27-26)29-24(14)19/h2-13H,26H2,1H3. The van der Waals surface area contributed by atoms with Gasteiger partial charge >= 0.3 is 0 Å². The van der Waals surface area contributed by atoms with E-state index in [1.54, 1.807) is 6.26 Å². The van der Waals surface area contributed by atoms with Crippen LogP contribution in [-0.4, -0.2) is 0 Å². The van der Waals surface area contributed by atoms with Gasteiger partial charge in [0.25, 0.3) is 0 Å². The number of nitrogens with two attached hydrogens (primary N) is 1. The molecule has 0 amide bonds. The van der Waals surface area contributed by atoms with Crippen LogP contribution in [-0.2, 0) is 0 Å². The molecular weight excluding hydrogens is 384 g/mol. The SMILES string of the molecule is Cc1c2occ(-c3ccc(Cl)cc3)c2cc2c(-c3ccccc3)cc(=NN)oc12. The summed E-state index contributed by atoms with van der Waals surface area (Å²) in [5, 5.41) is 6.47. The first-order valence-corrected chi connectivity index (χ1v) is 9.57. The highest BCUT2D eigenvalue weighted by atomic mass is 35.5. The molecule has 142 valence electrons. The number of hydrogen-bond donors (Lipinski definition) is 1. The van der Waals surface area contributed by atoms with Gasteiger partial charge in [-0.25, -0.2) is 0 Å². The average Bonchev–Trinajstić information content (AvgIpc) is 3.19. The van der Waals surface area contributed by atoms with Gasteiger partial charge in [-0.05, 0) is 41.8 Å². The molecule has 5 aromatic rings. The number of rotatable bonds is 2. The normalized spacial score (nSPS) is 12.1. The van der Waals surface area contributed by atoms with E-state index < -0.39 is 0 Å². The molecule has 0 spiro atoms. The maximum absolute atomic E-state index is 6.06. The number of aryl methyl sites for hydroxylation is 1. The van der Waals surface area contributed by atoms with Crippen molar-refractivity contribution in [1.29, 1.82) is 0 Å². The summed E-state index contributed by atoms with van der Waals surface area (Å²) in [6.45, 7) is 1.98. The van der Waals surface area contributed by atoms with E-state index in [9.17, 15) is 0 Å². The number of benzene rings is 3. The van der Waals surface area contributed by atoms with E-state index in [0.29, 0.717) is 16.2 Å². The summed E-state index contributed by atoms with van der Waals surface area (Å²) >= 11 is 6.06. The monoisotopic (exact) mass is 400 g/mol. The summed E-state index contributed by atoms with van der Waals surface area (Å²) in [7, 11) is 0. The number of furan rings is 1. The molecule has 0 bridgehead atoms. The highest BCUT2D eigenvalue weighted by molar-refractivity contribution is 6.30. The van der Waals surface area contributed by atoms with Crippen LogP contribution in [0.2, 0.25) is 5.02 Å². The number of nitrogens with zero attached hydrogens (tertiary/aromatic N) is 1. The zero-order chi connectivity index (χ0) is 20.0. The van der Waals surface area contributed by atoms with Crippen molar-refractivity contribution in [1.82, 2.24) is 0 Å². The van der Waals surface area contributed by atoms with E-state index in [0.717, 1.165) is 44.2 Å². The molecule has 0 atom stereocenters. The molecule has 0 saturated carbocycles. The van der Waals surface area contributed by atoms with E-state index in [1.807, 2.05) is 55.5 Å². The van der Waals surface area contributed by atoms with E-state index in [-0.39, 0.29) is 0 Å². The second-order valence-corrected chi connectivity index (χ2v) is 7.34. The highest BCUT2D eigenvalue weighted by Crippen LogP contribution is 2.39. The molecule has 0 unspecified atom stereocenters. The van der Waals surface area contributed by atoms with Gasteiger partial charge in [0.1, 0.15) is 11.2 Å². The third kappa shape index (κ3) is 2.89. The van der Waals surface area contributed by atoms with Crippen molar-refractivity contribution in [3.8, 4) is 22.3 Å². The van der Waals surface area contributed by atoms with Gasteiger partial charge in [-0.15, -0.1) is 5.10 Å². The molecular formula is C24H17ClN2O2. The van der Waals surface area contributed by atoms with Gasteiger partial charge in [-0.2, -0.15) is 0 Å². The van der Waals surface area contributed by atoms with Crippen molar-refractivity contribution in [2.45, 2.75) is 6.92 Å². The predicted octanol–water partition coefficient (Wildman–Crippen LogP) is 6.25. The lowest BCUT2D eigenvalue weighted by atomic mass is 9.96. The maximum atomic E-state index is 6.06. The largest absolute Gasteiger partial charge is 0.463 e. The summed E-state index contributed by atoms with van der Waals surface area (Å²) in [6, 6.07) is 21.8. The quantitative estimate of drug-likeness (QED) is 0.281. The fourth-order valence-electron chi connectivity index (χ4n) is 3.76. The lowest BCUT2D eigenvalue weighted by Gasteiger charge is -2.09. The number of halogens is 1. The van der Waals surface area contributed by atoms with E-state index >= 15 is 0 Å². The molecule has 29 heavy (non-hydrogen) atoms. The number of fused-ring (bicyclic) bond motifs is 2. The first-order chi connectivity index (χ1) is 14.2. The Balaban J connectivity index is 1.88. The first kappa shape index (κ1) is 17.6. The Morgan fingerprint density at radius 2 is 1.52 bits per heavy atom. The van der Waals surface area contributed by atoms with Gasteiger partial charge in [0.15, 0.2) is 0 Å². The summed E-state index contributed by atoms with van der Waals surface area (Å²) in [5.74, 6) is 5.54. The summed E-state index contributed by atoms with van der Waals surface area (Å²) < 4.78 is 11.9. The van der Waals surface area contributed by atoms with Crippen LogP contribution in [0.25, 0.3) is 44.2 Å². The molecule has 2 N–H and O–H groups in total. The molecule has 0 aliphatic carbocycles. The van der Waals surface area contributed by atoms with E-state index in [1.165, 1.54) is 0 Å². The van der Waals surface area contributed by atoms with Gasteiger partial charge in [0.2, 0.25) is 5.55 Å². The Morgan fingerprint density at radius 1 is 0.828 bits per heavy atom. The van der Waals surface area contributed by atoms with Crippen molar-refractivity contribution in [3.63, 3.8) is 0 Å². The highest BCUT2D eigenvalue weighted by Gasteiger charge is 2.17. The Morgan fingerprint density at radius 3 is 2.24 bits per heavy atom. The third-order valence-corrected chi connectivity index (χ3v) is 5.43. The molecule has 2 aromatic heterocycles. The molecule has 5 heteroatoms. The zero-order valence-electron chi connectivity index (χ0n) is 15.6. The van der Waals surface area contributed by atoms with Crippen molar-refractivity contribution in [2.24, 2.45) is 10.9 Å². The second kappa shape index (κ2) is 6.83.